The topological polar surface area (TPSA) is 72.5 Å². The number of alkyl halides is 1. The van der Waals surface area contributed by atoms with Crippen molar-refractivity contribution in [1.29, 1.82) is 0 Å². The number of carbonyl (C=O) groups excluding carboxylic acids is 1. The van der Waals surface area contributed by atoms with E-state index in [1.165, 1.54) is 6.92 Å². The number of carbonyl (C=O) groups is 1. The minimum absolute atomic E-state index is 0. The van der Waals surface area contributed by atoms with E-state index >= 15 is 0 Å². The van der Waals surface area contributed by atoms with Crippen LogP contribution in [0.2, 0.25) is 0 Å². The number of hydrogen-bond donors (Lipinski definition) is 2. The van der Waals surface area contributed by atoms with E-state index < -0.39 is 41.1 Å². The molecular formula is C11H12BrClF3NO3. The van der Waals surface area contributed by atoms with Gasteiger partial charge >= 0.3 is 5.97 Å². The maximum Gasteiger partial charge on any atom is 0.342 e. The second-order valence-corrected chi connectivity index (χ2v) is 4.46. The third-order valence-electron chi connectivity index (χ3n) is 2.35. The predicted molar refractivity (Wildman–Crippen MR) is 71.4 cm³/mol. The van der Waals surface area contributed by atoms with Crippen molar-refractivity contribution in [2.45, 2.75) is 19.1 Å². The first-order chi connectivity index (χ1) is 8.81. The molecule has 0 saturated heterocycles. The van der Waals surface area contributed by atoms with Crippen molar-refractivity contribution in [3.63, 3.8) is 0 Å². The zero-order valence-electron chi connectivity index (χ0n) is 10.2. The lowest BCUT2D eigenvalue weighted by Crippen LogP contribution is -2.31. The zero-order chi connectivity index (χ0) is 14.7. The van der Waals surface area contributed by atoms with E-state index in [1.807, 2.05) is 0 Å². The Morgan fingerprint density at radius 1 is 1.50 bits per heavy atom. The number of phenolic OH excluding ortho intramolecular Hbond substituents is 1. The highest BCUT2D eigenvalue weighted by molar-refractivity contribution is 9.10. The lowest BCUT2D eigenvalue weighted by Gasteiger charge is -2.17. The van der Waals surface area contributed by atoms with Gasteiger partial charge in [-0.1, -0.05) is 0 Å². The van der Waals surface area contributed by atoms with Crippen LogP contribution in [0.5, 0.6) is 5.75 Å². The lowest BCUT2D eigenvalue weighted by atomic mass is 10.0. The summed E-state index contributed by atoms with van der Waals surface area (Å²) in [6.45, 7) is 1.42. The molecule has 0 aliphatic heterocycles. The molecule has 0 heterocycles. The molecule has 0 radical (unpaired) electrons. The number of benzene rings is 1. The van der Waals surface area contributed by atoms with Crippen LogP contribution in [0.1, 0.15) is 18.5 Å². The standard InChI is InChI=1S/C11H11BrF3NO3.ClH/c1-2-19-11(18)8(15)9(16)4-3-5(12)6(13)7(14)10(4)17;/h3,8-9,17H,2,16H2,1H3;1H/t8?,9-;/m0./s1. The largest absolute Gasteiger partial charge is 0.505 e. The van der Waals surface area contributed by atoms with Gasteiger partial charge in [0.25, 0.3) is 0 Å². The van der Waals surface area contributed by atoms with Crippen LogP contribution in [-0.4, -0.2) is 23.9 Å². The number of rotatable bonds is 4. The van der Waals surface area contributed by atoms with Crippen LogP contribution in [0.25, 0.3) is 0 Å². The molecule has 1 aromatic carbocycles. The van der Waals surface area contributed by atoms with Gasteiger partial charge in [-0.05, 0) is 28.9 Å². The average molecular weight is 379 g/mol. The molecule has 4 nitrogen and oxygen atoms in total. The number of ether oxygens (including phenoxy) is 1. The minimum atomic E-state index is -2.30. The molecule has 0 saturated carbocycles. The summed E-state index contributed by atoms with van der Waals surface area (Å²) in [6, 6.07) is -0.769. The minimum Gasteiger partial charge on any atom is -0.505 e. The fraction of sp³-hybridized carbons (Fsp3) is 0.364. The van der Waals surface area contributed by atoms with Crippen molar-refractivity contribution >= 4 is 34.3 Å². The number of nitrogens with two attached hydrogens (primary N) is 1. The van der Waals surface area contributed by atoms with Crippen molar-refractivity contribution in [2.75, 3.05) is 6.61 Å². The number of aromatic hydroxyl groups is 1. The summed E-state index contributed by atoms with van der Waals surface area (Å²) in [5.41, 5.74) is 4.97. The zero-order valence-corrected chi connectivity index (χ0v) is 12.6. The van der Waals surface area contributed by atoms with Gasteiger partial charge in [-0.25, -0.2) is 13.6 Å². The summed E-state index contributed by atoms with van der Waals surface area (Å²) in [7, 11) is 0. The van der Waals surface area contributed by atoms with E-state index in [0.29, 0.717) is 0 Å². The normalized spacial score (nSPS) is 13.3. The van der Waals surface area contributed by atoms with Crippen LogP contribution < -0.4 is 5.73 Å². The molecule has 114 valence electrons. The molecule has 0 spiro atoms. The molecule has 20 heavy (non-hydrogen) atoms. The van der Waals surface area contributed by atoms with E-state index in [2.05, 4.69) is 20.7 Å². The Morgan fingerprint density at radius 2 is 2.05 bits per heavy atom. The van der Waals surface area contributed by atoms with Crippen molar-refractivity contribution in [2.24, 2.45) is 5.73 Å². The smallest absolute Gasteiger partial charge is 0.342 e. The predicted octanol–water partition coefficient (Wildman–Crippen LogP) is 2.76. The van der Waals surface area contributed by atoms with Crippen LogP contribution in [0.3, 0.4) is 0 Å². The Kier molecular flexibility index (Phi) is 7.32. The fourth-order valence-electron chi connectivity index (χ4n) is 1.38. The summed E-state index contributed by atoms with van der Waals surface area (Å²) in [5, 5.41) is 9.40. The molecule has 0 aromatic heterocycles. The fourth-order valence-corrected chi connectivity index (χ4v) is 1.80. The van der Waals surface area contributed by atoms with Gasteiger partial charge in [-0.15, -0.1) is 12.4 Å². The van der Waals surface area contributed by atoms with Crippen molar-refractivity contribution in [1.82, 2.24) is 0 Å². The molecule has 3 N–H and O–H groups in total. The van der Waals surface area contributed by atoms with E-state index in [0.717, 1.165) is 6.07 Å². The average Bonchev–Trinajstić information content (AvgIpc) is 2.39. The van der Waals surface area contributed by atoms with Gasteiger partial charge in [-0.2, -0.15) is 4.39 Å². The summed E-state index contributed by atoms with van der Waals surface area (Å²) >= 11 is 2.70. The molecule has 9 heteroatoms. The Hall–Kier alpha value is -0.990. The van der Waals surface area contributed by atoms with Crippen LogP contribution in [0, 0.1) is 11.6 Å². The molecule has 1 unspecified atom stereocenters. The summed E-state index contributed by atoms with van der Waals surface area (Å²) < 4.78 is 44.1. The van der Waals surface area contributed by atoms with Gasteiger partial charge in [0.15, 0.2) is 11.6 Å². The maximum absolute atomic E-state index is 13.7. The van der Waals surface area contributed by atoms with Crippen LogP contribution in [0.4, 0.5) is 13.2 Å². The van der Waals surface area contributed by atoms with Crippen molar-refractivity contribution < 1.29 is 27.8 Å². The summed E-state index contributed by atoms with van der Waals surface area (Å²) in [5.74, 6) is -5.29. The van der Waals surface area contributed by atoms with Gasteiger partial charge in [0, 0.05) is 5.56 Å². The van der Waals surface area contributed by atoms with E-state index in [4.69, 9.17) is 5.73 Å². The van der Waals surface area contributed by atoms with Gasteiger partial charge in [0.2, 0.25) is 12.0 Å². The number of halogens is 5. The molecule has 1 aromatic rings. The number of phenols is 1. The quantitative estimate of drug-likeness (QED) is 0.624. The summed E-state index contributed by atoms with van der Waals surface area (Å²) in [4.78, 5) is 11.2. The van der Waals surface area contributed by atoms with Gasteiger partial charge in [-0.3, -0.25) is 0 Å². The van der Waals surface area contributed by atoms with Crippen LogP contribution >= 0.6 is 28.3 Å². The lowest BCUT2D eigenvalue weighted by molar-refractivity contribution is -0.149. The Morgan fingerprint density at radius 3 is 2.55 bits per heavy atom. The first-order valence-corrected chi connectivity index (χ1v) is 6.03. The van der Waals surface area contributed by atoms with Crippen LogP contribution in [-0.2, 0) is 9.53 Å². The second-order valence-electron chi connectivity index (χ2n) is 3.60. The molecule has 0 aliphatic rings. The Labute approximate surface area is 127 Å². The van der Waals surface area contributed by atoms with Crippen LogP contribution in [0.15, 0.2) is 10.5 Å². The third kappa shape index (κ3) is 3.77. The van der Waals surface area contributed by atoms with Crippen molar-refractivity contribution in [3.05, 3.63) is 27.7 Å². The molecule has 0 bridgehead atoms. The highest BCUT2D eigenvalue weighted by Gasteiger charge is 2.31. The van der Waals surface area contributed by atoms with E-state index in [-0.39, 0.29) is 23.5 Å². The first-order valence-electron chi connectivity index (χ1n) is 5.23. The molecule has 0 aliphatic carbocycles. The van der Waals surface area contributed by atoms with E-state index in [9.17, 15) is 23.1 Å². The van der Waals surface area contributed by atoms with Gasteiger partial charge in [0.05, 0.1) is 17.1 Å². The van der Waals surface area contributed by atoms with E-state index in [1.54, 1.807) is 0 Å². The molecule has 2 atom stereocenters. The molecule has 0 amide bonds. The maximum atomic E-state index is 13.7. The highest BCUT2D eigenvalue weighted by Crippen LogP contribution is 2.34. The Bertz CT molecular complexity index is 504. The van der Waals surface area contributed by atoms with Gasteiger partial charge in [0.1, 0.15) is 0 Å². The number of esters is 1. The molecule has 1 rings (SSSR count). The highest BCUT2D eigenvalue weighted by atomic mass is 79.9. The molecule has 0 fully saturated rings. The number of hydrogen-bond acceptors (Lipinski definition) is 4. The monoisotopic (exact) mass is 377 g/mol. The molecular weight excluding hydrogens is 366 g/mol. The Balaban J connectivity index is 0.00000361. The van der Waals surface area contributed by atoms with Crippen molar-refractivity contribution in [3.8, 4) is 5.75 Å². The summed E-state index contributed by atoms with van der Waals surface area (Å²) in [6.07, 6.45) is -2.30. The second kappa shape index (κ2) is 7.70. The third-order valence-corrected chi connectivity index (χ3v) is 2.93. The first kappa shape index (κ1) is 19.0. The van der Waals surface area contributed by atoms with Gasteiger partial charge < -0.3 is 15.6 Å². The SMILES string of the molecule is CCOC(=O)C(F)[C@@H](N)c1cc(Br)c(F)c(F)c1O.Cl.